The van der Waals surface area contributed by atoms with E-state index in [1.54, 1.807) is 0 Å². The highest BCUT2D eigenvalue weighted by atomic mass is 19.4. The van der Waals surface area contributed by atoms with Crippen LogP contribution in [0, 0.1) is 0 Å². The van der Waals surface area contributed by atoms with Crippen molar-refractivity contribution in [1.82, 2.24) is 9.38 Å². The second-order valence-corrected chi connectivity index (χ2v) is 5.20. The van der Waals surface area contributed by atoms with Gasteiger partial charge in [0.15, 0.2) is 0 Å². The first-order chi connectivity index (χ1) is 12.1. The maximum atomic E-state index is 13.0. The number of rotatable bonds is 3. The number of halogens is 6. The van der Waals surface area contributed by atoms with Gasteiger partial charge in [0.1, 0.15) is 11.5 Å². The Morgan fingerprint density at radius 1 is 1.00 bits per heavy atom. The molecule has 0 radical (unpaired) electrons. The van der Waals surface area contributed by atoms with Crippen molar-refractivity contribution in [2.45, 2.75) is 12.5 Å². The Hall–Kier alpha value is -2.91. The molecular weight excluding hydrogens is 366 g/mol. The van der Waals surface area contributed by atoms with Gasteiger partial charge in [-0.05, 0) is 18.2 Å². The molecule has 0 bridgehead atoms. The van der Waals surface area contributed by atoms with Crippen LogP contribution in [0.5, 0.6) is 11.5 Å². The van der Waals surface area contributed by atoms with Crippen molar-refractivity contribution in [3.05, 3.63) is 48.5 Å². The van der Waals surface area contributed by atoms with Gasteiger partial charge in [-0.2, -0.15) is 13.2 Å². The Morgan fingerprint density at radius 3 is 2.35 bits per heavy atom. The minimum Gasteiger partial charge on any atom is -0.496 e. The molecule has 2 heterocycles. The fourth-order valence-corrected chi connectivity index (χ4v) is 2.47. The Labute approximate surface area is 142 Å². The predicted molar refractivity (Wildman–Crippen MR) is 78.9 cm³/mol. The van der Waals surface area contributed by atoms with Gasteiger partial charge in [0.05, 0.1) is 18.8 Å². The van der Waals surface area contributed by atoms with Gasteiger partial charge >= 0.3 is 12.5 Å². The summed E-state index contributed by atoms with van der Waals surface area (Å²) in [5, 5.41) is 0. The van der Waals surface area contributed by atoms with Crippen molar-refractivity contribution < 1.29 is 35.8 Å². The molecule has 2 aromatic heterocycles. The first-order valence-electron chi connectivity index (χ1n) is 7.07. The highest BCUT2D eigenvalue weighted by Crippen LogP contribution is 2.36. The number of aromatic nitrogens is 2. The summed E-state index contributed by atoms with van der Waals surface area (Å²) in [7, 11) is 1.23. The predicted octanol–water partition coefficient (Wildman–Crippen LogP) is 4.93. The monoisotopic (exact) mass is 376 g/mol. The van der Waals surface area contributed by atoms with E-state index in [1.807, 2.05) is 0 Å². The molecule has 1 aromatic carbocycles. The zero-order valence-corrected chi connectivity index (χ0v) is 13.0. The van der Waals surface area contributed by atoms with Gasteiger partial charge < -0.3 is 9.47 Å². The summed E-state index contributed by atoms with van der Waals surface area (Å²) in [6, 6.07) is 6.25. The van der Waals surface area contributed by atoms with Crippen LogP contribution in [0.4, 0.5) is 26.3 Å². The Morgan fingerprint density at radius 2 is 1.73 bits per heavy atom. The summed E-state index contributed by atoms with van der Waals surface area (Å²) in [6.45, 7) is 0. The maximum absolute atomic E-state index is 13.0. The number of hydrogen-bond donors (Lipinski definition) is 0. The van der Waals surface area contributed by atoms with E-state index in [4.69, 9.17) is 4.74 Å². The van der Waals surface area contributed by atoms with Crippen molar-refractivity contribution in [3.63, 3.8) is 0 Å². The minimum atomic E-state index is -4.87. The number of hydrogen-bond acceptors (Lipinski definition) is 3. The third-order valence-electron chi connectivity index (χ3n) is 3.50. The first-order valence-corrected chi connectivity index (χ1v) is 7.07. The summed E-state index contributed by atoms with van der Waals surface area (Å²) in [4.78, 5) is 3.36. The lowest BCUT2D eigenvalue weighted by Gasteiger charge is -2.14. The van der Waals surface area contributed by atoms with E-state index < -0.39 is 24.1 Å². The van der Waals surface area contributed by atoms with Crippen LogP contribution < -0.4 is 9.47 Å². The second kappa shape index (κ2) is 6.11. The molecule has 0 aliphatic rings. The Balaban J connectivity index is 2.08. The van der Waals surface area contributed by atoms with Crippen LogP contribution in [0.1, 0.15) is 5.82 Å². The van der Waals surface area contributed by atoms with Crippen LogP contribution in [-0.2, 0) is 6.18 Å². The van der Waals surface area contributed by atoms with Gasteiger partial charge in [-0.15, -0.1) is 13.2 Å². The number of benzene rings is 1. The smallest absolute Gasteiger partial charge is 0.496 e. The SMILES string of the molecule is COc1cc(OC(F)(F)F)ccc1-c1ccc2cnc(C(F)(F)F)n2c1. The van der Waals surface area contributed by atoms with Crippen LogP contribution in [0.25, 0.3) is 16.6 Å². The summed E-state index contributed by atoms with van der Waals surface area (Å²) in [5.41, 5.74) is 0.819. The number of pyridine rings is 1. The molecular formula is C16H10F6N2O2. The Bertz CT molecular complexity index is 946. The molecule has 0 aliphatic carbocycles. The third-order valence-corrected chi connectivity index (χ3v) is 3.50. The summed E-state index contributed by atoms with van der Waals surface area (Å²) in [6.07, 6.45) is -7.26. The molecule has 4 nitrogen and oxygen atoms in total. The first kappa shape index (κ1) is 17.9. The average Bonchev–Trinajstić information content (AvgIpc) is 2.96. The number of nitrogens with zero attached hydrogens (tertiary/aromatic N) is 2. The molecule has 10 heteroatoms. The fourth-order valence-electron chi connectivity index (χ4n) is 2.47. The van der Waals surface area contributed by atoms with E-state index in [1.165, 1.54) is 31.5 Å². The summed E-state index contributed by atoms with van der Waals surface area (Å²) in [5.74, 6) is -1.59. The number of methoxy groups -OCH3 is 1. The molecule has 26 heavy (non-hydrogen) atoms. The molecule has 0 N–H and O–H groups in total. The fraction of sp³-hybridized carbons (Fsp3) is 0.188. The molecule has 0 aliphatic heterocycles. The van der Waals surface area contributed by atoms with Gasteiger partial charge in [0.25, 0.3) is 0 Å². The van der Waals surface area contributed by atoms with Crippen LogP contribution in [-0.4, -0.2) is 22.9 Å². The summed E-state index contributed by atoms with van der Waals surface area (Å²) < 4.78 is 85.7. The van der Waals surface area contributed by atoms with E-state index in [2.05, 4.69) is 9.72 Å². The highest BCUT2D eigenvalue weighted by molar-refractivity contribution is 5.72. The largest absolute Gasteiger partial charge is 0.573 e. The topological polar surface area (TPSA) is 35.8 Å². The molecule has 0 saturated heterocycles. The zero-order valence-electron chi connectivity index (χ0n) is 13.0. The lowest BCUT2D eigenvalue weighted by molar-refractivity contribution is -0.274. The molecule has 0 saturated carbocycles. The maximum Gasteiger partial charge on any atom is 0.573 e. The van der Waals surface area contributed by atoms with Crippen molar-refractivity contribution in [1.29, 1.82) is 0 Å². The minimum absolute atomic E-state index is 0.0137. The molecule has 138 valence electrons. The molecule has 0 unspecified atom stereocenters. The third kappa shape index (κ3) is 3.53. The van der Waals surface area contributed by atoms with Crippen molar-refractivity contribution in [2.75, 3.05) is 7.11 Å². The van der Waals surface area contributed by atoms with Crippen LogP contribution in [0.2, 0.25) is 0 Å². The number of alkyl halides is 6. The number of imidazole rings is 1. The average molecular weight is 376 g/mol. The van der Waals surface area contributed by atoms with E-state index in [0.717, 1.165) is 22.7 Å². The van der Waals surface area contributed by atoms with Crippen LogP contribution in [0.15, 0.2) is 42.7 Å². The second-order valence-electron chi connectivity index (χ2n) is 5.20. The number of fused-ring (bicyclic) bond motifs is 1. The van der Waals surface area contributed by atoms with Crippen molar-refractivity contribution >= 4 is 5.52 Å². The van der Waals surface area contributed by atoms with Crippen molar-refractivity contribution in [3.8, 4) is 22.6 Å². The molecule has 0 fully saturated rings. The molecule has 3 rings (SSSR count). The summed E-state index contributed by atoms with van der Waals surface area (Å²) >= 11 is 0. The van der Waals surface area contributed by atoms with E-state index in [9.17, 15) is 26.3 Å². The van der Waals surface area contributed by atoms with Gasteiger partial charge in [0.2, 0.25) is 5.82 Å². The molecule has 0 amide bonds. The van der Waals surface area contributed by atoms with Crippen LogP contribution >= 0.6 is 0 Å². The van der Waals surface area contributed by atoms with Crippen LogP contribution in [0.3, 0.4) is 0 Å². The normalized spacial score (nSPS) is 12.4. The Kier molecular flexibility index (Phi) is 4.21. The molecule has 0 spiro atoms. The highest BCUT2D eigenvalue weighted by Gasteiger charge is 2.36. The van der Waals surface area contributed by atoms with Gasteiger partial charge in [-0.3, -0.25) is 4.40 Å². The van der Waals surface area contributed by atoms with Gasteiger partial charge in [-0.25, -0.2) is 4.98 Å². The molecule has 3 aromatic rings. The van der Waals surface area contributed by atoms with E-state index >= 15 is 0 Å². The number of ether oxygens (including phenoxy) is 2. The van der Waals surface area contributed by atoms with Gasteiger partial charge in [0, 0.05) is 23.4 Å². The quantitative estimate of drug-likeness (QED) is 0.609. The van der Waals surface area contributed by atoms with E-state index in [0.29, 0.717) is 11.1 Å². The standard InChI is InChI=1S/C16H10F6N2O2/c1-25-13-6-11(26-16(20,21)22)4-5-12(13)9-2-3-10-7-23-14(15(17,18)19)24(10)8-9/h2-8H,1H3. The lowest BCUT2D eigenvalue weighted by atomic mass is 10.1. The van der Waals surface area contributed by atoms with Crippen molar-refractivity contribution in [2.24, 2.45) is 0 Å². The zero-order chi connectivity index (χ0) is 19.1. The van der Waals surface area contributed by atoms with E-state index in [-0.39, 0.29) is 11.3 Å². The lowest BCUT2D eigenvalue weighted by Crippen LogP contribution is -2.17. The molecule has 0 atom stereocenters. The van der Waals surface area contributed by atoms with Gasteiger partial charge in [-0.1, -0.05) is 6.07 Å².